The van der Waals surface area contributed by atoms with Gasteiger partial charge in [0.15, 0.2) is 0 Å². The van der Waals surface area contributed by atoms with Crippen molar-refractivity contribution in [1.29, 1.82) is 0 Å². The van der Waals surface area contributed by atoms with Crippen LogP contribution in [0.4, 0.5) is 0 Å². The summed E-state index contributed by atoms with van der Waals surface area (Å²) in [7, 11) is 1.80. The number of nitrogens with two attached hydrogens (primary N) is 1. The summed E-state index contributed by atoms with van der Waals surface area (Å²) in [4.78, 5) is 2.56. The molecule has 3 heteroatoms. The third-order valence-electron chi connectivity index (χ3n) is 3.35. The molecule has 3 nitrogen and oxygen atoms in total. The van der Waals surface area contributed by atoms with Gasteiger partial charge in [-0.15, -0.1) is 0 Å². The van der Waals surface area contributed by atoms with E-state index in [1.165, 1.54) is 38.9 Å². The topological polar surface area (TPSA) is 38.5 Å². The van der Waals surface area contributed by atoms with Crippen molar-refractivity contribution in [2.24, 2.45) is 17.6 Å². The molecule has 0 amide bonds. The minimum atomic E-state index is 0.683. The van der Waals surface area contributed by atoms with E-state index in [0.29, 0.717) is 5.92 Å². The molecular weight excluding hydrogens is 188 g/mol. The quantitative estimate of drug-likeness (QED) is 0.695. The average molecular weight is 214 g/mol. The fraction of sp³-hybridized carbons (Fsp3) is 1.00. The average Bonchev–Trinajstić information content (AvgIpc) is 2.66. The number of hydrogen-bond donors (Lipinski definition) is 1. The fourth-order valence-corrected chi connectivity index (χ4v) is 2.27. The van der Waals surface area contributed by atoms with E-state index in [2.05, 4.69) is 11.8 Å². The van der Waals surface area contributed by atoms with Crippen LogP contribution in [-0.2, 0) is 4.74 Å². The van der Waals surface area contributed by atoms with E-state index in [9.17, 15) is 0 Å². The predicted octanol–water partition coefficient (Wildman–Crippen LogP) is 1.33. The highest BCUT2D eigenvalue weighted by Gasteiger charge is 2.21. The van der Waals surface area contributed by atoms with Crippen LogP contribution in [-0.4, -0.2) is 44.8 Å². The van der Waals surface area contributed by atoms with Gasteiger partial charge in [0.05, 0.1) is 6.61 Å². The first-order valence-corrected chi connectivity index (χ1v) is 6.17. The second-order valence-electron chi connectivity index (χ2n) is 4.89. The SMILES string of the molecule is COCC1CCN(CCCC(C)CN)C1. The van der Waals surface area contributed by atoms with Crippen LogP contribution in [0.3, 0.4) is 0 Å². The van der Waals surface area contributed by atoms with Crippen molar-refractivity contribution in [1.82, 2.24) is 4.90 Å². The van der Waals surface area contributed by atoms with Crippen LogP contribution in [0.1, 0.15) is 26.2 Å². The van der Waals surface area contributed by atoms with E-state index in [0.717, 1.165) is 19.1 Å². The molecule has 1 rings (SSSR count). The largest absolute Gasteiger partial charge is 0.384 e. The van der Waals surface area contributed by atoms with Crippen LogP contribution >= 0.6 is 0 Å². The van der Waals surface area contributed by atoms with Crippen molar-refractivity contribution in [3.05, 3.63) is 0 Å². The molecule has 1 fully saturated rings. The van der Waals surface area contributed by atoms with Crippen LogP contribution in [0, 0.1) is 11.8 Å². The van der Waals surface area contributed by atoms with Crippen LogP contribution in [0.15, 0.2) is 0 Å². The highest BCUT2D eigenvalue weighted by atomic mass is 16.5. The van der Waals surface area contributed by atoms with Crippen LogP contribution < -0.4 is 5.73 Å². The lowest BCUT2D eigenvalue weighted by atomic mass is 10.1. The lowest BCUT2D eigenvalue weighted by Gasteiger charge is -2.16. The van der Waals surface area contributed by atoms with Gasteiger partial charge in [-0.3, -0.25) is 0 Å². The van der Waals surface area contributed by atoms with Gasteiger partial charge in [0.2, 0.25) is 0 Å². The Bertz CT molecular complexity index is 164. The zero-order valence-electron chi connectivity index (χ0n) is 10.2. The van der Waals surface area contributed by atoms with Gasteiger partial charge in [0.1, 0.15) is 0 Å². The monoisotopic (exact) mass is 214 g/mol. The standard InChI is InChI=1S/C12H26N2O/c1-11(8-13)4-3-6-14-7-5-12(9-14)10-15-2/h11-12H,3-10,13H2,1-2H3. The zero-order valence-corrected chi connectivity index (χ0v) is 10.2. The smallest absolute Gasteiger partial charge is 0.0503 e. The Kier molecular flexibility index (Phi) is 6.22. The molecule has 0 aliphatic carbocycles. The minimum Gasteiger partial charge on any atom is -0.384 e. The molecule has 15 heavy (non-hydrogen) atoms. The van der Waals surface area contributed by atoms with Gasteiger partial charge in [-0.25, -0.2) is 0 Å². The summed E-state index contributed by atoms with van der Waals surface area (Å²) >= 11 is 0. The summed E-state index contributed by atoms with van der Waals surface area (Å²) < 4.78 is 5.19. The molecule has 1 saturated heterocycles. The Morgan fingerprint density at radius 2 is 2.33 bits per heavy atom. The number of methoxy groups -OCH3 is 1. The summed E-state index contributed by atoms with van der Waals surface area (Å²) in [5.41, 5.74) is 5.60. The lowest BCUT2D eigenvalue weighted by molar-refractivity contribution is 0.153. The Morgan fingerprint density at radius 3 is 3.00 bits per heavy atom. The number of ether oxygens (including phenoxy) is 1. The number of rotatable bonds is 7. The first kappa shape index (κ1) is 12.9. The first-order chi connectivity index (χ1) is 7.26. The van der Waals surface area contributed by atoms with Crippen LogP contribution in [0.5, 0.6) is 0 Å². The molecule has 1 heterocycles. The van der Waals surface area contributed by atoms with Crippen LogP contribution in [0.2, 0.25) is 0 Å². The lowest BCUT2D eigenvalue weighted by Crippen LogP contribution is -2.23. The molecule has 2 unspecified atom stereocenters. The third kappa shape index (κ3) is 4.96. The van der Waals surface area contributed by atoms with Crippen molar-refractivity contribution in [3.8, 4) is 0 Å². The molecule has 1 aliphatic rings. The van der Waals surface area contributed by atoms with Gasteiger partial charge in [0, 0.05) is 13.7 Å². The summed E-state index contributed by atoms with van der Waals surface area (Å²) in [5, 5.41) is 0. The van der Waals surface area contributed by atoms with E-state index in [4.69, 9.17) is 10.5 Å². The molecule has 0 spiro atoms. The van der Waals surface area contributed by atoms with Crippen molar-refractivity contribution in [2.45, 2.75) is 26.2 Å². The maximum Gasteiger partial charge on any atom is 0.0503 e. The highest BCUT2D eigenvalue weighted by molar-refractivity contribution is 4.75. The number of hydrogen-bond acceptors (Lipinski definition) is 3. The van der Waals surface area contributed by atoms with E-state index in [1.807, 2.05) is 0 Å². The molecule has 0 aromatic carbocycles. The Morgan fingerprint density at radius 1 is 1.53 bits per heavy atom. The summed E-state index contributed by atoms with van der Waals surface area (Å²) in [6, 6.07) is 0. The van der Waals surface area contributed by atoms with E-state index < -0.39 is 0 Å². The Labute approximate surface area is 94.0 Å². The third-order valence-corrected chi connectivity index (χ3v) is 3.35. The minimum absolute atomic E-state index is 0.683. The van der Waals surface area contributed by atoms with Crippen LogP contribution in [0.25, 0.3) is 0 Å². The predicted molar refractivity (Wildman–Crippen MR) is 63.9 cm³/mol. The van der Waals surface area contributed by atoms with Gasteiger partial charge in [0.25, 0.3) is 0 Å². The van der Waals surface area contributed by atoms with E-state index in [-0.39, 0.29) is 0 Å². The second kappa shape index (κ2) is 7.20. The van der Waals surface area contributed by atoms with Gasteiger partial charge >= 0.3 is 0 Å². The molecule has 0 aromatic rings. The van der Waals surface area contributed by atoms with Gasteiger partial charge in [-0.05, 0) is 50.7 Å². The fourth-order valence-electron chi connectivity index (χ4n) is 2.27. The van der Waals surface area contributed by atoms with Gasteiger partial charge in [-0.2, -0.15) is 0 Å². The van der Waals surface area contributed by atoms with E-state index >= 15 is 0 Å². The Balaban J connectivity index is 2.03. The summed E-state index contributed by atoms with van der Waals surface area (Å²) in [6.45, 7) is 7.71. The first-order valence-electron chi connectivity index (χ1n) is 6.17. The van der Waals surface area contributed by atoms with Gasteiger partial charge < -0.3 is 15.4 Å². The number of likely N-dealkylation sites (tertiary alicyclic amines) is 1. The molecule has 0 aromatic heterocycles. The zero-order chi connectivity index (χ0) is 11.1. The van der Waals surface area contributed by atoms with E-state index in [1.54, 1.807) is 7.11 Å². The van der Waals surface area contributed by atoms with Crippen molar-refractivity contribution < 1.29 is 4.74 Å². The number of nitrogens with zero attached hydrogens (tertiary/aromatic N) is 1. The molecule has 2 atom stereocenters. The van der Waals surface area contributed by atoms with Gasteiger partial charge in [-0.1, -0.05) is 6.92 Å². The molecule has 1 aliphatic heterocycles. The highest BCUT2D eigenvalue weighted by Crippen LogP contribution is 2.17. The van der Waals surface area contributed by atoms with Crippen molar-refractivity contribution in [2.75, 3.05) is 39.9 Å². The van der Waals surface area contributed by atoms with Crippen molar-refractivity contribution >= 4 is 0 Å². The molecule has 0 saturated carbocycles. The Hall–Kier alpha value is -0.120. The maximum absolute atomic E-state index is 5.60. The maximum atomic E-state index is 5.60. The molecule has 0 bridgehead atoms. The summed E-state index contributed by atoms with van der Waals surface area (Å²) in [5.74, 6) is 1.45. The normalized spacial score (nSPS) is 24.6. The molecule has 0 radical (unpaired) electrons. The molecule has 90 valence electrons. The van der Waals surface area contributed by atoms with Crippen molar-refractivity contribution in [3.63, 3.8) is 0 Å². The molecule has 2 N–H and O–H groups in total. The summed E-state index contributed by atoms with van der Waals surface area (Å²) in [6.07, 6.45) is 3.86. The second-order valence-corrected chi connectivity index (χ2v) is 4.89. The molecular formula is C12H26N2O.